The smallest absolute Gasteiger partial charge is 0.133 e. The van der Waals surface area contributed by atoms with Gasteiger partial charge in [-0.3, -0.25) is 9.69 Å². The Morgan fingerprint density at radius 2 is 1.88 bits per heavy atom. The predicted octanol–water partition coefficient (Wildman–Crippen LogP) is 4.73. The second-order valence-corrected chi connectivity index (χ2v) is 11.8. The normalized spacial score (nSPS) is 44.4. The van der Waals surface area contributed by atoms with Gasteiger partial charge in [-0.1, -0.05) is 37.6 Å². The van der Waals surface area contributed by atoms with Crippen LogP contribution in [-0.4, -0.2) is 64.6 Å². The van der Waals surface area contributed by atoms with Crippen molar-refractivity contribution in [3.05, 3.63) is 23.8 Å². The van der Waals surface area contributed by atoms with E-state index in [1.807, 2.05) is 0 Å². The van der Waals surface area contributed by atoms with Crippen molar-refractivity contribution in [1.82, 2.24) is 9.80 Å². The summed E-state index contributed by atoms with van der Waals surface area (Å²) in [4.78, 5) is 17.8. The molecule has 0 aromatic rings. The largest absolute Gasteiger partial charge is 0.384 e. The van der Waals surface area contributed by atoms with Crippen molar-refractivity contribution in [2.45, 2.75) is 102 Å². The van der Waals surface area contributed by atoms with Gasteiger partial charge in [0.15, 0.2) is 0 Å². The van der Waals surface area contributed by atoms with Crippen LogP contribution in [0.3, 0.4) is 0 Å². The Bertz CT molecular complexity index is 773. The molecule has 1 N–H and O–H groups in total. The number of carbonyl (C=O) groups excluding carboxylic acids is 1. The molecule has 6 atom stereocenters. The Hall–Kier alpha value is -0.970. The number of piperidine rings is 1. The van der Waals surface area contributed by atoms with E-state index in [-0.39, 0.29) is 11.5 Å². The molecule has 2 unspecified atom stereocenters. The summed E-state index contributed by atoms with van der Waals surface area (Å²) in [6, 6.07) is 0.638. The van der Waals surface area contributed by atoms with Gasteiger partial charge in [-0.05, 0) is 89.3 Å². The highest BCUT2D eigenvalue weighted by atomic mass is 16.3. The maximum absolute atomic E-state index is 12.5. The number of rotatable bonds is 1. The molecule has 0 saturated carbocycles. The van der Waals surface area contributed by atoms with Crippen LogP contribution in [0, 0.1) is 17.3 Å². The quantitative estimate of drug-likeness (QED) is 0.599. The Morgan fingerprint density at radius 3 is 2.72 bits per heavy atom. The van der Waals surface area contributed by atoms with Gasteiger partial charge in [0.25, 0.3) is 0 Å². The Balaban J connectivity index is 1.61. The molecule has 4 heteroatoms. The molecule has 0 amide bonds. The fraction of sp³-hybridized carbons (Fsp3) is 0.821. The maximum atomic E-state index is 12.5. The molecular weight excluding hydrogens is 396 g/mol. The third-order valence-corrected chi connectivity index (χ3v) is 9.47. The number of Topliss-reactive ketones (excluding diaryl/α,β-unsaturated/α-hetero) is 1. The van der Waals surface area contributed by atoms with E-state index in [2.05, 4.69) is 41.9 Å². The summed E-state index contributed by atoms with van der Waals surface area (Å²) in [7, 11) is 0. The summed E-state index contributed by atoms with van der Waals surface area (Å²) in [5.41, 5.74) is 0.876. The van der Waals surface area contributed by atoms with Crippen LogP contribution in [0.15, 0.2) is 23.8 Å². The lowest BCUT2D eigenvalue weighted by Gasteiger charge is -2.59. The van der Waals surface area contributed by atoms with Gasteiger partial charge in [0, 0.05) is 36.9 Å². The van der Waals surface area contributed by atoms with E-state index < -0.39 is 5.60 Å². The zero-order chi connectivity index (χ0) is 22.3. The van der Waals surface area contributed by atoms with Gasteiger partial charge in [-0.2, -0.15) is 0 Å². The number of carbonyl (C=O) groups is 1. The predicted molar refractivity (Wildman–Crippen MR) is 129 cm³/mol. The minimum atomic E-state index is -0.768. The molecule has 4 aliphatic heterocycles. The zero-order valence-electron chi connectivity index (χ0n) is 20.4. The second-order valence-electron chi connectivity index (χ2n) is 11.8. The maximum Gasteiger partial charge on any atom is 0.133 e. The van der Waals surface area contributed by atoms with Crippen molar-refractivity contribution in [2.75, 3.05) is 26.2 Å². The second kappa shape index (κ2) is 9.00. The number of hydrogen-bond donors (Lipinski definition) is 1. The first-order valence-electron chi connectivity index (χ1n) is 13.5. The minimum absolute atomic E-state index is 0.122. The number of aliphatic hydroxyl groups is 1. The molecule has 0 radical (unpaired) electrons. The number of hydrogen-bond acceptors (Lipinski definition) is 4. The number of fused-ring (bicyclic) bond motifs is 2. The Labute approximate surface area is 195 Å². The van der Waals surface area contributed by atoms with Crippen LogP contribution in [0.25, 0.3) is 0 Å². The summed E-state index contributed by atoms with van der Waals surface area (Å²) in [6.07, 6.45) is 18.3. The van der Waals surface area contributed by atoms with Crippen molar-refractivity contribution in [2.24, 2.45) is 17.3 Å². The molecule has 3 saturated heterocycles. The van der Waals surface area contributed by atoms with Crippen molar-refractivity contribution < 1.29 is 9.90 Å². The Kier molecular flexibility index (Phi) is 6.41. The lowest BCUT2D eigenvalue weighted by atomic mass is 9.54. The molecule has 5 aliphatic rings. The van der Waals surface area contributed by atoms with E-state index in [9.17, 15) is 9.90 Å². The molecule has 1 spiro atoms. The highest BCUT2D eigenvalue weighted by Gasteiger charge is 2.65. The molecule has 3 fully saturated rings. The number of allylic oxidation sites excluding steroid dienone is 3. The molecule has 5 rings (SSSR count). The summed E-state index contributed by atoms with van der Waals surface area (Å²) in [5.74, 6) is 1.50. The molecule has 32 heavy (non-hydrogen) atoms. The molecule has 4 nitrogen and oxygen atoms in total. The molecule has 178 valence electrons. The first-order valence-corrected chi connectivity index (χ1v) is 13.5. The van der Waals surface area contributed by atoms with Gasteiger partial charge in [0.05, 0.1) is 5.60 Å². The summed E-state index contributed by atoms with van der Waals surface area (Å²) in [5, 5.41) is 12.5. The fourth-order valence-electron chi connectivity index (χ4n) is 8.26. The standard InChI is InChI=1S/C28H44N2O2/c1-21(2)24-19-28(32)14-7-5-3-4-6-8-15-29-17-13-25(24)27(20-29)18-22-11-12-23(31)10-9-16-30(22)26(27)28/h3,5,19,21-22,25-26,32H,4,6-18,20H2,1-2H3/b5-3-/t22-,25-,26?,27-,28-/m1/s1. The van der Waals surface area contributed by atoms with Gasteiger partial charge in [0.1, 0.15) is 5.78 Å². The molecule has 1 aliphatic carbocycles. The van der Waals surface area contributed by atoms with Crippen LogP contribution in [-0.2, 0) is 4.79 Å². The number of ketones is 1. The summed E-state index contributed by atoms with van der Waals surface area (Å²) >= 11 is 0. The first kappa shape index (κ1) is 22.8. The van der Waals surface area contributed by atoms with Crippen LogP contribution >= 0.6 is 0 Å². The Morgan fingerprint density at radius 1 is 1.03 bits per heavy atom. The van der Waals surface area contributed by atoms with E-state index in [1.165, 1.54) is 44.3 Å². The summed E-state index contributed by atoms with van der Waals surface area (Å²) < 4.78 is 0. The average Bonchev–Trinajstić information content (AvgIpc) is 3.05. The van der Waals surface area contributed by atoms with E-state index >= 15 is 0 Å². The van der Waals surface area contributed by atoms with Crippen LogP contribution in [0.4, 0.5) is 0 Å². The van der Waals surface area contributed by atoms with E-state index in [1.54, 1.807) is 0 Å². The third kappa shape index (κ3) is 3.95. The van der Waals surface area contributed by atoms with E-state index in [0.29, 0.717) is 30.1 Å². The van der Waals surface area contributed by atoms with Crippen molar-refractivity contribution >= 4 is 5.78 Å². The van der Waals surface area contributed by atoms with Crippen molar-refractivity contribution in [1.29, 1.82) is 0 Å². The van der Waals surface area contributed by atoms with Crippen LogP contribution < -0.4 is 0 Å². The molecule has 0 aromatic heterocycles. The topological polar surface area (TPSA) is 43.8 Å². The van der Waals surface area contributed by atoms with Gasteiger partial charge < -0.3 is 10.0 Å². The monoisotopic (exact) mass is 440 g/mol. The summed E-state index contributed by atoms with van der Waals surface area (Å²) in [6.45, 7) is 9.15. The lowest BCUT2D eigenvalue weighted by molar-refractivity contribution is -0.121. The lowest BCUT2D eigenvalue weighted by Crippen LogP contribution is -2.66. The molecular formula is C28H44N2O2. The van der Waals surface area contributed by atoms with Gasteiger partial charge >= 0.3 is 0 Å². The zero-order valence-corrected chi connectivity index (χ0v) is 20.4. The van der Waals surface area contributed by atoms with Crippen molar-refractivity contribution in [3.63, 3.8) is 0 Å². The SMILES string of the molecule is CC(C)C1=C[C@]2(O)CC/C=C\CCCCN3CC[C@H]1[C@@]1(C[C@H]4CCC(=O)CCCN4C12)C3. The van der Waals surface area contributed by atoms with E-state index in [4.69, 9.17) is 0 Å². The van der Waals surface area contributed by atoms with Crippen LogP contribution in [0.5, 0.6) is 0 Å². The van der Waals surface area contributed by atoms with Gasteiger partial charge in [-0.25, -0.2) is 0 Å². The highest BCUT2D eigenvalue weighted by Crippen LogP contribution is 2.61. The van der Waals surface area contributed by atoms with E-state index in [0.717, 1.165) is 51.6 Å². The van der Waals surface area contributed by atoms with Crippen LogP contribution in [0.1, 0.15) is 84.5 Å². The fourth-order valence-corrected chi connectivity index (χ4v) is 8.26. The van der Waals surface area contributed by atoms with Gasteiger partial charge in [-0.15, -0.1) is 0 Å². The van der Waals surface area contributed by atoms with Gasteiger partial charge in [0.2, 0.25) is 0 Å². The molecule has 0 aromatic carbocycles. The third-order valence-electron chi connectivity index (χ3n) is 9.47. The first-order chi connectivity index (χ1) is 15.4. The number of nitrogens with zero attached hydrogens (tertiary/aromatic N) is 2. The average molecular weight is 441 g/mol. The molecule has 3 bridgehead atoms. The minimum Gasteiger partial charge on any atom is -0.384 e. The highest BCUT2D eigenvalue weighted by molar-refractivity contribution is 5.78. The van der Waals surface area contributed by atoms with Crippen molar-refractivity contribution in [3.8, 4) is 0 Å². The van der Waals surface area contributed by atoms with Crippen LogP contribution in [0.2, 0.25) is 0 Å². The molecule has 4 heterocycles.